The van der Waals surface area contributed by atoms with Gasteiger partial charge in [0.15, 0.2) is 0 Å². The molecule has 0 aliphatic carbocycles. The third-order valence-electron chi connectivity index (χ3n) is 2.77. The Morgan fingerprint density at radius 1 is 1.71 bits per heavy atom. The Kier molecular flexibility index (Phi) is 3.41. The first kappa shape index (κ1) is 12.4. The second-order valence-electron chi connectivity index (χ2n) is 3.83. The highest BCUT2D eigenvalue weighted by Crippen LogP contribution is 2.39. The highest BCUT2D eigenvalue weighted by molar-refractivity contribution is 8.00. The molecule has 3 N–H and O–H groups in total. The maximum absolute atomic E-state index is 11.6. The molecule has 2 atom stereocenters. The SMILES string of the molecule is CCOCC1=C(C(=O)O)N2C(=O)C(N)[C@@H]2SC1. The number of nitrogens with two attached hydrogens (primary N) is 1. The molecular weight excluding hydrogens is 244 g/mol. The zero-order valence-electron chi connectivity index (χ0n) is 9.38. The van der Waals surface area contributed by atoms with Crippen molar-refractivity contribution in [1.82, 2.24) is 4.90 Å². The first-order chi connectivity index (χ1) is 8.07. The van der Waals surface area contributed by atoms with Crippen molar-refractivity contribution in [2.24, 2.45) is 5.73 Å². The lowest BCUT2D eigenvalue weighted by molar-refractivity contribution is -0.148. The maximum atomic E-state index is 11.6. The van der Waals surface area contributed by atoms with Crippen molar-refractivity contribution in [1.29, 1.82) is 0 Å². The molecule has 2 rings (SSSR count). The molecule has 2 aliphatic rings. The van der Waals surface area contributed by atoms with E-state index in [0.717, 1.165) is 0 Å². The van der Waals surface area contributed by atoms with Crippen LogP contribution in [-0.2, 0) is 14.3 Å². The number of fused-ring (bicyclic) bond motifs is 1. The largest absolute Gasteiger partial charge is 0.477 e. The van der Waals surface area contributed by atoms with E-state index in [1.807, 2.05) is 6.92 Å². The van der Waals surface area contributed by atoms with Gasteiger partial charge in [-0.25, -0.2) is 4.79 Å². The van der Waals surface area contributed by atoms with Gasteiger partial charge in [0.2, 0.25) is 5.91 Å². The summed E-state index contributed by atoms with van der Waals surface area (Å²) < 4.78 is 5.22. The van der Waals surface area contributed by atoms with E-state index in [1.54, 1.807) is 0 Å². The number of rotatable bonds is 4. The van der Waals surface area contributed by atoms with E-state index in [-0.39, 0.29) is 23.6 Å². The van der Waals surface area contributed by atoms with Gasteiger partial charge in [-0.15, -0.1) is 11.8 Å². The van der Waals surface area contributed by atoms with Gasteiger partial charge in [-0.05, 0) is 12.5 Å². The summed E-state index contributed by atoms with van der Waals surface area (Å²) in [6.45, 7) is 2.60. The zero-order valence-corrected chi connectivity index (χ0v) is 10.2. The fourth-order valence-corrected chi connectivity index (χ4v) is 3.19. The lowest BCUT2D eigenvalue weighted by Gasteiger charge is -2.47. The summed E-state index contributed by atoms with van der Waals surface area (Å²) in [4.78, 5) is 24.1. The van der Waals surface area contributed by atoms with Crippen molar-refractivity contribution in [3.63, 3.8) is 0 Å². The molecular formula is C10H14N2O4S. The van der Waals surface area contributed by atoms with Gasteiger partial charge in [-0.3, -0.25) is 9.69 Å². The molecule has 0 aromatic heterocycles. The number of ether oxygens (including phenoxy) is 1. The third kappa shape index (κ3) is 1.94. The summed E-state index contributed by atoms with van der Waals surface area (Å²) in [5.74, 6) is -0.872. The van der Waals surface area contributed by atoms with Gasteiger partial charge in [0, 0.05) is 12.4 Å². The summed E-state index contributed by atoms with van der Waals surface area (Å²) >= 11 is 1.48. The number of aliphatic carboxylic acids is 1. The number of carbonyl (C=O) groups excluding carboxylic acids is 1. The fraction of sp³-hybridized carbons (Fsp3) is 0.600. The molecule has 17 heavy (non-hydrogen) atoms. The van der Waals surface area contributed by atoms with Crippen LogP contribution >= 0.6 is 11.8 Å². The molecule has 0 aromatic carbocycles. The maximum Gasteiger partial charge on any atom is 0.352 e. The van der Waals surface area contributed by atoms with Gasteiger partial charge >= 0.3 is 5.97 Å². The summed E-state index contributed by atoms with van der Waals surface area (Å²) in [6, 6.07) is -0.581. The number of carbonyl (C=O) groups is 2. The molecule has 7 heteroatoms. The lowest BCUT2D eigenvalue weighted by Crippen LogP contribution is -2.68. The van der Waals surface area contributed by atoms with Gasteiger partial charge in [0.1, 0.15) is 17.1 Å². The van der Waals surface area contributed by atoms with E-state index < -0.39 is 12.0 Å². The number of nitrogens with zero attached hydrogens (tertiary/aromatic N) is 1. The zero-order chi connectivity index (χ0) is 12.6. The van der Waals surface area contributed by atoms with Crippen molar-refractivity contribution in [3.8, 4) is 0 Å². The average molecular weight is 258 g/mol. The molecule has 0 aromatic rings. The summed E-state index contributed by atoms with van der Waals surface area (Å²) in [7, 11) is 0. The molecule has 0 radical (unpaired) electrons. The van der Waals surface area contributed by atoms with Gasteiger partial charge < -0.3 is 15.6 Å². The predicted molar refractivity (Wildman–Crippen MR) is 62.2 cm³/mol. The van der Waals surface area contributed by atoms with E-state index in [4.69, 9.17) is 10.5 Å². The van der Waals surface area contributed by atoms with Gasteiger partial charge in [-0.1, -0.05) is 0 Å². The normalized spacial score (nSPS) is 27.9. The number of carboxylic acid groups (broad SMARTS) is 1. The second-order valence-corrected chi connectivity index (χ2v) is 4.94. The average Bonchev–Trinajstić information content (AvgIpc) is 2.33. The summed E-state index contributed by atoms with van der Waals surface area (Å²) in [6.07, 6.45) is 0. The molecule has 2 heterocycles. The lowest BCUT2D eigenvalue weighted by atomic mass is 10.0. The minimum Gasteiger partial charge on any atom is -0.477 e. The Bertz CT molecular complexity index is 396. The van der Waals surface area contributed by atoms with Crippen LogP contribution in [0.5, 0.6) is 0 Å². The molecule has 6 nitrogen and oxygen atoms in total. The third-order valence-corrected chi connectivity index (χ3v) is 4.13. The number of amides is 1. The Labute approximate surface area is 103 Å². The van der Waals surface area contributed by atoms with Crippen LogP contribution in [0.1, 0.15) is 6.92 Å². The number of hydrogen-bond donors (Lipinski definition) is 2. The Balaban J connectivity index is 2.26. The van der Waals surface area contributed by atoms with Crippen LogP contribution in [0.25, 0.3) is 0 Å². The van der Waals surface area contributed by atoms with E-state index >= 15 is 0 Å². The highest BCUT2D eigenvalue weighted by Gasteiger charge is 2.51. The molecule has 94 valence electrons. The smallest absolute Gasteiger partial charge is 0.352 e. The van der Waals surface area contributed by atoms with Crippen LogP contribution in [0.2, 0.25) is 0 Å². The Morgan fingerprint density at radius 2 is 2.41 bits per heavy atom. The van der Waals surface area contributed by atoms with Crippen molar-refractivity contribution >= 4 is 23.6 Å². The molecule has 1 fully saturated rings. The van der Waals surface area contributed by atoms with Crippen molar-refractivity contribution in [3.05, 3.63) is 11.3 Å². The van der Waals surface area contributed by atoms with Gasteiger partial charge in [0.05, 0.1) is 6.61 Å². The predicted octanol–water partition coefficient (Wildman–Crippen LogP) is -0.396. The molecule has 2 aliphatic heterocycles. The molecule has 0 bridgehead atoms. The fourth-order valence-electron chi connectivity index (χ4n) is 1.92. The number of carboxylic acids is 1. The minimum atomic E-state index is -1.09. The Hall–Kier alpha value is -1.05. The molecule has 1 unspecified atom stereocenters. The van der Waals surface area contributed by atoms with Crippen LogP contribution in [0.15, 0.2) is 11.3 Å². The topological polar surface area (TPSA) is 92.9 Å². The number of hydrogen-bond acceptors (Lipinski definition) is 5. The van der Waals surface area contributed by atoms with Crippen molar-refractivity contribution in [2.45, 2.75) is 18.3 Å². The van der Waals surface area contributed by atoms with Gasteiger partial charge in [-0.2, -0.15) is 0 Å². The summed E-state index contributed by atoms with van der Waals surface area (Å²) in [5.41, 5.74) is 6.32. The quantitative estimate of drug-likeness (QED) is 0.667. The van der Waals surface area contributed by atoms with Crippen molar-refractivity contribution in [2.75, 3.05) is 19.0 Å². The number of β-lactam (4-membered cyclic amide) rings is 1. The minimum absolute atomic E-state index is 0.0499. The van der Waals surface area contributed by atoms with E-state index in [9.17, 15) is 14.7 Å². The molecule has 0 saturated carbocycles. The van der Waals surface area contributed by atoms with Crippen molar-refractivity contribution < 1.29 is 19.4 Å². The number of thioether (sulfide) groups is 1. The second kappa shape index (κ2) is 4.67. The van der Waals surface area contributed by atoms with Crippen LogP contribution in [-0.4, -0.2) is 52.3 Å². The molecule has 1 saturated heterocycles. The van der Waals surface area contributed by atoms with Crippen LogP contribution in [0, 0.1) is 0 Å². The Morgan fingerprint density at radius 3 is 3.00 bits per heavy atom. The van der Waals surface area contributed by atoms with E-state index in [1.165, 1.54) is 16.7 Å². The molecule has 1 amide bonds. The first-order valence-electron chi connectivity index (χ1n) is 5.31. The van der Waals surface area contributed by atoms with E-state index in [0.29, 0.717) is 17.9 Å². The van der Waals surface area contributed by atoms with E-state index in [2.05, 4.69) is 0 Å². The van der Waals surface area contributed by atoms with Crippen LogP contribution in [0.4, 0.5) is 0 Å². The standard InChI is InChI=1S/C10H14N2O4S/c1-2-16-3-5-4-17-9-6(11)8(13)12(9)7(5)10(14)15/h6,9H,2-4,11H2,1H3,(H,14,15)/t6?,9-/m0/s1. The summed E-state index contributed by atoms with van der Waals surface area (Å²) in [5, 5.41) is 8.94. The highest BCUT2D eigenvalue weighted by atomic mass is 32.2. The van der Waals surface area contributed by atoms with Crippen LogP contribution in [0.3, 0.4) is 0 Å². The monoisotopic (exact) mass is 258 g/mol. The van der Waals surface area contributed by atoms with Gasteiger partial charge in [0.25, 0.3) is 0 Å². The first-order valence-corrected chi connectivity index (χ1v) is 6.36. The van der Waals surface area contributed by atoms with Crippen LogP contribution < -0.4 is 5.73 Å². The molecule has 0 spiro atoms.